The topological polar surface area (TPSA) is 290 Å². The third-order valence-corrected chi connectivity index (χ3v) is 11.2. The molecular formula is C36H41F4N10O11PS2. The first-order valence-electron chi connectivity index (χ1n) is 18.3. The van der Waals surface area contributed by atoms with Crippen LogP contribution in [0.25, 0.3) is 0 Å². The Morgan fingerprint density at radius 1 is 1.17 bits per heavy atom. The van der Waals surface area contributed by atoms with Gasteiger partial charge in [0.2, 0.25) is 10.7 Å². The highest BCUT2D eigenvalue weighted by Gasteiger charge is 2.32. The Morgan fingerprint density at radius 3 is 2.52 bits per heavy atom. The van der Waals surface area contributed by atoms with Crippen molar-refractivity contribution >= 4 is 64.4 Å². The summed E-state index contributed by atoms with van der Waals surface area (Å²) >= 11 is 1.24. The minimum atomic E-state index is -4.45. The van der Waals surface area contributed by atoms with E-state index < -0.39 is 72.2 Å². The Hall–Kier alpha value is -6.04. The zero-order valence-electron chi connectivity index (χ0n) is 34.2. The fourth-order valence-electron chi connectivity index (χ4n) is 5.71. The number of methoxy groups -OCH3 is 1. The Bertz CT molecular complexity index is 2650. The molecule has 2 aliphatic heterocycles. The summed E-state index contributed by atoms with van der Waals surface area (Å²) in [5, 5.41) is 12.2. The zero-order valence-corrected chi connectivity index (χ0v) is 36.7. The number of carbonyl (C=O) groups is 3. The fourth-order valence-corrected chi connectivity index (χ4v) is 8.05. The van der Waals surface area contributed by atoms with Crippen LogP contribution in [-0.2, 0) is 43.6 Å². The van der Waals surface area contributed by atoms with Gasteiger partial charge >= 0.3 is 31.8 Å². The summed E-state index contributed by atoms with van der Waals surface area (Å²) in [6.45, 7) is 6.12. The molecule has 0 atom stereocenters. The van der Waals surface area contributed by atoms with Gasteiger partial charge in [0.25, 0.3) is 15.9 Å². The molecule has 64 heavy (non-hydrogen) atoms. The third kappa shape index (κ3) is 15.1. The normalized spacial score (nSPS) is 14.4. The van der Waals surface area contributed by atoms with Crippen molar-refractivity contribution in [3.63, 3.8) is 0 Å². The van der Waals surface area contributed by atoms with Crippen molar-refractivity contribution in [1.29, 1.82) is 0 Å². The van der Waals surface area contributed by atoms with Gasteiger partial charge in [0.05, 0.1) is 37.1 Å². The number of fused-ring (bicyclic) bond motifs is 2. The number of carboxylic acid groups (broad SMARTS) is 1. The van der Waals surface area contributed by atoms with Gasteiger partial charge in [-0.15, -0.1) is 6.42 Å². The predicted molar refractivity (Wildman–Crippen MR) is 220 cm³/mol. The minimum Gasteiger partial charge on any atom is -0.481 e. The maximum atomic E-state index is 14.5. The molecule has 2 aromatic carbocycles. The largest absolute Gasteiger partial charge is 0.481 e. The van der Waals surface area contributed by atoms with Gasteiger partial charge < -0.3 is 28.9 Å². The van der Waals surface area contributed by atoms with E-state index in [1.807, 2.05) is 4.57 Å². The first-order chi connectivity index (χ1) is 29.8. The molecule has 346 valence electrons. The predicted octanol–water partition coefficient (Wildman–Crippen LogP) is 3.25. The number of nitrogens with zero attached hydrogens (tertiary/aromatic N) is 7. The average molecular weight is 961 g/mol. The molecule has 6 rings (SSSR count). The minimum absolute atomic E-state index is 0.0715. The van der Waals surface area contributed by atoms with E-state index in [1.165, 1.54) is 60.8 Å². The highest BCUT2D eigenvalue weighted by Crippen LogP contribution is 2.38. The molecule has 3 amide bonds. The van der Waals surface area contributed by atoms with E-state index in [2.05, 4.69) is 54.7 Å². The van der Waals surface area contributed by atoms with Gasteiger partial charge in [-0.1, -0.05) is 38.0 Å². The lowest BCUT2D eigenvalue weighted by atomic mass is 9.92. The number of terminal acetylenes is 1. The van der Waals surface area contributed by atoms with E-state index in [1.54, 1.807) is 4.72 Å². The smallest absolute Gasteiger partial charge is 0.389 e. The second-order valence-corrected chi connectivity index (χ2v) is 18.3. The Kier molecular flexibility index (Phi) is 16.7. The number of carbonyl (C=O) groups excluding carboxylic acids is 2. The second kappa shape index (κ2) is 21.1. The van der Waals surface area contributed by atoms with Crippen LogP contribution in [-0.4, -0.2) is 104 Å². The molecule has 0 aliphatic carbocycles. The number of aromatic nitrogens is 5. The number of hydrogen-bond donors (Lipinski definition) is 6. The molecule has 4 aromatic rings. The number of carboxylic acids is 1. The zero-order chi connectivity index (χ0) is 47.6. The molecule has 0 radical (unpaired) electrons. The van der Waals surface area contributed by atoms with Crippen molar-refractivity contribution in [2.45, 2.75) is 57.7 Å². The van der Waals surface area contributed by atoms with Crippen LogP contribution in [0.1, 0.15) is 37.5 Å². The Balaban J connectivity index is 0.000000233. The molecule has 0 fully saturated rings. The lowest BCUT2D eigenvalue weighted by Crippen LogP contribution is -2.39. The lowest BCUT2D eigenvalue weighted by Gasteiger charge is -2.28. The number of aliphatic carboxylic acids is 1. The number of ether oxygens (including phenoxy) is 2. The van der Waals surface area contributed by atoms with Crippen molar-refractivity contribution in [2.75, 3.05) is 43.3 Å². The van der Waals surface area contributed by atoms with Crippen LogP contribution in [0.2, 0.25) is 0 Å². The van der Waals surface area contributed by atoms with E-state index >= 15 is 0 Å². The molecule has 4 heterocycles. The van der Waals surface area contributed by atoms with Crippen LogP contribution in [0, 0.1) is 30.5 Å². The lowest BCUT2D eigenvalue weighted by molar-refractivity contribution is -0.136. The van der Waals surface area contributed by atoms with Crippen LogP contribution < -0.4 is 34.5 Å². The van der Waals surface area contributed by atoms with Crippen LogP contribution in [0.3, 0.4) is 0 Å². The summed E-state index contributed by atoms with van der Waals surface area (Å²) in [6, 6.07) is 6.57. The number of sulfonamides is 1. The molecule has 0 saturated carbocycles. The number of rotatable bonds is 12. The molecule has 0 spiro atoms. The molecule has 2 aromatic heterocycles. The van der Waals surface area contributed by atoms with Gasteiger partial charge in [0, 0.05) is 37.0 Å². The maximum Gasteiger partial charge on any atom is 0.389 e. The average Bonchev–Trinajstić information content (AvgIpc) is 3.69. The monoisotopic (exact) mass is 960 g/mol. The molecule has 6 N–H and O–H groups in total. The number of amides is 3. The molecule has 21 nitrogen and oxygen atoms in total. The van der Waals surface area contributed by atoms with E-state index in [9.17, 15) is 44.9 Å². The van der Waals surface area contributed by atoms with E-state index in [4.69, 9.17) is 30.8 Å². The van der Waals surface area contributed by atoms with Gasteiger partial charge in [-0.05, 0) is 36.5 Å². The summed E-state index contributed by atoms with van der Waals surface area (Å²) in [4.78, 5) is 67.6. The standard InChI is InChI=1S/C18H17FN4O2S.C15H16F3N5O4S.C3H8NO5P/c1-4-5-22-13-7-12(11(19)6-14(13)25-9-16(22)24)20-17-23-10-18(2,3)8-15(23)21-26-17;1-9-19-12(22-14(20-9)27-2)21-13(24)23-28(25,26)11-6-4-3-5-10(11)7-8-15(16,17)18;5-3(6)1-4-2-10(7,8)9/h1,6-7H,5,8-10H2,2-3H3;3-6H,7-8H2,1-2H3,(H2,19,20,21,22,23,24);4H,1-2H2,(H,5,6)(H2,7,8,9). The SMILES string of the molecule is C#CCN1C(=O)COc2cc(F)c(N=c3snc4n3CC(C)(C)C4)cc21.COc1nc(C)nc(NC(=O)NS(=O)(=O)c2ccccc2CCC(F)(F)F)n1.O=C(O)CNCP(=O)(O)O. The number of hydrogen-bond acceptors (Lipinski definition) is 15. The summed E-state index contributed by atoms with van der Waals surface area (Å²) < 4.78 is 105. The summed E-state index contributed by atoms with van der Waals surface area (Å²) in [5.41, 5.74) is 0.607. The highest BCUT2D eigenvalue weighted by atomic mass is 32.2. The summed E-state index contributed by atoms with van der Waals surface area (Å²) in [6.07, 6.45) is -0.577. The van der Waals surface area contributed by atoms with Gasteiger partial charge in [0.15, 0.2) is 12.4 Å². The number of alkyl halides is 3. The molecule has 2 aliphatic rings. The van der Waals surface area contributed by atoms with Crippen LogP contribution in [0.4, 0.5) is 39.7 Å². The first-order valence-corrected chi connectivity index (χ1v) is 22.4. The molecule has 0 unspecified atom stereocenters. The fraction of sp³-hybridized carbons (Fsp3) is 0.389. The molecular weight excluding hydrogens is 920 g/mol. The second-order valence-electron chi connectivity index (χ2n) is 14.3. The Labute approximate surface area is 366 Å². The quantitative estimate of drug-likeness (QED) is 0.0675. The number of nitrogens with one attached hydrogen (secondary N) is 3. The van der Waals surface area contributed by atoms with Gasteiger partial charge in [0.1, 0.15) is 23.1 Å². The van der Waals surface area contributed by atoms with Crippen LogP contribution in [0.5, 0.6) is 11.8 Å². The van der Waals surface area contributed by atoms with Gasteiger partial charge in [-0.25, -0.2) is 27.3 Å². The van der Waals surface area contributed by atoms with Gasteiger partial charge in [-0.2, -0.15) is 32.5 Å². The third-order valence-electron chi connectivity index (χ3n) is 8.33. The number of halogens is 4. The van der Waals surface area contributed by atoms with E-state index in [0.29, 0.717) is 16.2 Å². The van der Waals surface area contributed by atoms with Crippen molar-refractivity contribution < 1.29 is 69.3 Å². The molecule has 0 bridgehead atoms. The van der Waals surface area contributed by atoms with Crippen molar-refractivity contribution in [1.82, 2.24) is 33.9 Å². The van der Waals surface area contributed by atoms with Crippen LogP contribution in [0.15, 0.2) is 46.3 Å². The van der Waals surface area contributed by atoms with Crippen LogP contribution >= 0.6 is 19.1 Å². The number of anilines is 2. The highest BCUT2D eigenvalue weighted by molar-refractivity contribution is 7.90. The Morgan fingerprint density at radius 2 is 1.88 bits per heavy atom. The van der Waals surface area contributed by atoms with Gasteiger partial charge in [-0.3, -0.25) is 29.7 Å². The number of urea groups is 1. The summed E-state index contributed by atoms with van der Waals surface area (Å²) in [7, 11) is -7.24. The molecule has 0 saturated heterocycles. The number of aryl methyl sites for hydroxylation is 2. The van der Waals surface area contributed by atoms with Crippen molar-refractivity contribution in [3.05, 3.63) is 64.2 Å². The molecule has 28 heteroatoms. The maximum absolute atomic E-state index is 14.5. The first kappa shape index (κ1) is 50.6. The number of benzene rings is 2. The van der Waals surface area contributed by atoms with E-state index in [-0.39, 0.29) is 53.5 Å². The van der Waals surface area contributed by atoms with Crippen molar-refractivity contribution in [3.8, 4) is 24.1 Å². The van der Waals surface area contributed by atoms with E-state index in [0.717, 1.165) is 24.9 Å². The summed E-state index contributed by atoms with van der Waals surface area (Å²) in [5.74, 6) is 1.73. The van der Waals surface area contributed by atoms with Crippen molar-refractivity contribution in [2.24, 2.45) is 10.4 Å².